The lowest BCUT2D eigenvalue weighted by atomic mass is 9.90. The number of hydrogen-bond acceptors (Lipinski definition) is 2. The summed E-state index contributed by atoms with van der Waals surface area (Å²) in [5.74, 6) is 0.600. The molecule has 0 radical (unpaired) electrons. The average molecular weight is 241 g/mol. The molecule has 94 valence electrons. The van der Waals surface area contributed by atoms with Gasteiger partial charge >= 0.3 is 0 Å². The van der Waals surface area contributed by atoms with Crippen molar-refractivity contribution in [3.63, 3.8) is 0 Å². The zero-order chi connectivity index (χ0) is 12.4. The summed E-state index contributed by atoms with van der Waals surface area (Å²) in [4.78, 5) is 0. The van der Waals surface area contributed by atoms with E-state index in [1.807, 2.05) is 11.7 Å². The van der Waals surface area contributed by atoms with Gasteiger partial charge in [-0.15, -0.1) is 0 Å². The lowest BCUT2D eigenvalue weighted by Crippen LogP contribution is -2.27. The third kappa shape index (κ3) is 2.18. The Labute approximate surface area is 108 Å². The van der Waals surface area contributed by atoms with Gasteiger partial charge in [0, 0.05) is 24.7 Å². The summed E-state index contributed by atoms with van der Waals surface area (Å²) in [5, 5.41) is 8.12. The van der Waals surface area contributed by atoms with E-state index in [1.165, 1.54) is 29.7 Å². The minimum Gasteiger partial charge on any atom is -0.317 e. The number of aromatic nitrogens is 2. The summed E-state index contributed by atoms with van der Waals surface area (Å²) >= 11 is 0. The maximum Gasteiger partial charge on any atom is 0.0734 e. The third-order valence-corrected chi connectivity index (χ3v) is 3.67. The van der Waals surface area contributed by atoms with E-state index >= 15 is 0 Å². The van der Waals surface area contributed by atoms with Crippen LogP contribution in [0.5, 0.6) is 0 Å². The number of rotatable bonds is 2. The standard InChI is InChI=1S/C15H19N3/c1-18-11-14(12-5-3-2-4-6-12)15(17-18)13-7-9-16-10-8-13/h2-6,11,13,16H,7-10H2,1H3. The molecule has 0 saturated carbocycles. The van der Waals surface area contributed by atoms with Gasteiger partial charge in [-0.3, -0.25) is 4.68 Å². The van der Waals surface area contributed by atoms with Crippen LogP contribution in [0.4, 0.5) is 0 Å². The molecule has 0 unspecified atom stereocenters. The lowest BCUT2D eigenvalue weighted by Gasteiger charge is -2.22. The molecule has 0 bridgehead atoms. The van der Waals surface area contributed by atoms with Gasteiger partial charge in [0.2, 0.25) is 0 Å². The first-order chi connectivity index (χ1) is 8.84. The SMILES string of the molecule is Cn1cc(-c2ccccc2)c(C2CCNCC2)n1. The number of hydrogen-bond donors (Lipinski definition) is 1. The molecule has 1 aliphatic rings. The molecule has 1 aliphatic heterocycles. The van der Waals surface area contributed by atoms with Gasteiger partial charge in [-0.05, 0) is 31.5 Å². The van der Waals surface area contributed by atoms with Crippen molar-refractivity contribution in [3.05, 3.63) is 42.2 Å². The molecule has 1 saturated heterocycles. The molecule has 3 heteroatoms. The molecule has 1 aromatic heterocycles. The van der Waals surface area contributed by atoms with E-state index in [2.05, 4.69) is 41.8 Å². The molecule has 2 aromatic rings. The topological polar surface area (TPSA) is 29.9 Å². The minimum absolute atomic E-state index is 0.600. The van der Waals surface area contributed by atoms with Crippen LogP contribution in [-0.4, -0.2) is 22.9 Å². The van der Waals surface area contributed by atoms with E-state index < -0.39 is 0 Å². The molecular weight excluding hydrogens is 222 g/mol. The van der Waals surface area contributed by atoms with E-state index in [0.717, 1.165) is 13.1 Å². The van der Waals surface area contributed by atoms with E-state index in [9.17, 15) is 0 Å². The summed E-state index contributed by atoms with van der Waals surface area (Å²) in [6.07, 6.45) is 4.53. The highest BCUT2D eigenvalue weighted by Crippen LogP contribution is 2.32. The second kappa shape index (κ2) is 4.94. The fourth-order valence-electron chi connectivity index (χ4n) is 2.74. The van der Waals surface area contributed by atoms with Crippen LogP contribution in [0.2, 0.25) is 0 Å². The van der Waals surface area contributed by atoms with Crippen LogP contribution in [0.15, 0.2) is 36.5 Å². The van der Waals surface area contributed by atoms with Gasteiger partial charge in [-0.1, -0.05) is 30.3 Å². The van der Waals surface area contributed by atoms with Crippen LogP contribution in [0.25, 0.3) is 11.1 Å². The molecule has 0 aliphatic carbocycles. The van der Waals surface area contributed by atoms with Crippen LogP contribution in [0, 0.1) is 0 Å². The molecule has 1 aromatic carbocycles. The molecule has 0 spiro atoms. The van der Waals surface area contributed by atoms with Gasteiger partial charge in [0.25, 0.3) is 0 Å². The van der Waals surface area contributed by atoms with Crippen molar-refractivity contribution in [2.75, 3.05) is 13.1 Å². The number of piperidine rings is 1. The third-order valence-electron chi connectivity index (χ3n) is 3.67. The minimum atomic E-state index is 0.600. The van der Waals surface area contributed by atoms with Gasteiger partial charge in [-0.2, -0.15) is 5.10 Å². The van der Waals surface area contributed by atoms with Gasteiger partial charge in [0.15, 0.2) is 0 Å². The Morgan fingerprint density at radius 3 is 2.61 bits per heavy atom. The maximum atomic E-state index is 4.70. The molecule has 2 heterocycles. The summed E-state index contributed by atoms with van der Waals surface area (Å²) in [6.45, 7) is 2.21. The van der Waals surface area contributed by atoms with Crippen LogP contribution >= 0.6 is 0 Å². The van der Waals surface area contributed by atoms with Gasteiger partial charge < -0.3 is 5.32 Å². The predicted octanol–water partition coefficient (Wildman–Crippen LogP) is 2.55. The first-order valence-corrected chi connectivity index (χ1v) is 6.64. The summed E-state index contributed by atoms with van der Waals surface area (Å²) in [6, 6.07) is 10.6. The fraction of sp³-hybridized carbons (Fsp3) is 0.400. The number of nitrogens with zero attached hydrogens (tertiary/aromatic N) is 2. The summed E-state index contributed by atoms with van der Waals surface area (Å²) in [5.41, 5.74) is 3.84. The number of aryl methyl sites for hydroxylation is 1. The van der Waals surface area contributed by atoms with Crippen molar-refractivity contribution in [3.8, 4) is 11.1 Å². The molecule has 3 nitrogen and oxygen atoms in total. The Kier molecular flexibility index (Phi) is 3.15. The van der Waals surface area contributed by atoms with Crippen LogP contribution in [0.1, 0.15) is 24.5 Å². The van der Waals surface area contributed by atoms with Crippen molar-refractivity contribution in [1.82, 2.24) is 15.1 Å². The molecule has 0 atom stereocenters. The highest BCUT2D eigenvalue weighted by molar-refractivity contribution is 5.65. The van der Waals surface area contributed by atoms with Crippen LogP contribution in [0.3, 0.4) is 0 Å². The summed E-state index contributed by atoms with van der Waals surface area (Å²) < 4.78 is 1.94. The number of nitrogens with one attached hydrogen (secondary N) is 1. The summed E-state index contributed by atoms with van der Waals surface area (Å²) in [7, 11) is 2.01. The van der Waals surface area contributed by atoms with Crippen LogP contribution < -0.4 is 5.32 Å². The van der Waals surface area contributed by atoms with E-state index in [1.54, 1.807) is 0 Å². The van der Waals surface area contributed by atoms with Crippen molar-refractivity contribution >= 4 is 0 Å². The molecular formula is C15H19N3. The highest BCUT2D eigenvalue weighted by Gasteiger charge is 2.21. The lowest BCUT2D eigenvalue weighted by molar-refractivity contribution is 0.450. The van der Waals surface area contributed by atoms with Crippen molar-refractivity contribution in [1.29, 1.82) is 0 Å². The molecule has 1 fully saturated rings. The Hall–Kier alpha value is -1.61. The van der Waals surface area contributed by atoms with E-state index in [0.29, 0.717) is 5.92 Å². The van der Waals surface area contributed by atoms with Gasteiger partial charge in [0.1, 0.15) is 0 Å². The normalized spacial score (nSPS) is 16.9. The first kappa shape index (κ1) is 11.5. The van der Waals surface area contributed by atoms with Gasteiger partial charge in [0.05, 0.1) is 5.69 Å². The van der Waals surface area contributed by atoms with E-state index in [4.69, 9.17) is 5.10 Å². The van der Waals surface area contributed by atoms with Crippen molar-refractivity contribution < 1.29 is 0 Å². The Balaban J connectivity index is 1.99. The van der Waals surface area contributed by atoms with Gasteiger partial charge in [-0.25, -0.2) is 0 Å². The molecule has 0 amide bonds. The second-order valence-corrected chi connectivity index (χ2v) is 4.99. The first-order valence-electron chi connectivity index (χ1n) is 6.64. The van der Waals surface area contributed by atoms with Crippen LogP contribution in [-0.2, 0) is 7.05 Å². The maximum absolute atomic E-state index is 4.70. The smallest absolute Gasteiger partial charge is 0.0734 e. The van der Waals surface area contributed by atoms with Crippen molar-refractivity contribution in [2.45, 2.75) is 18.8 Å². The highest BCUT2D eigenvalue weighted by atomic mass is 15.3. The number of benzene rings is 1. The Morgan fingerprint density at radius 2 is 1.89 bits per heavy atom. The quantitative estimate of drug-likeness (QED) is 0.875. The zero-order valence-electron chi connectivity index (χ0n) is 10.8. The predicted molar refractivity (Wildman–Crippen MR) is 73.5 cm³/mol. The Bertz CT molecular complexity index is 510. The second-order valence-electron chi connectivity index (χ2n) is 4.99. The molecule has 1 N–H and O–H groups in total. The molecule has 3 rings (SSSR count). The fourth-order valence-corrected chi connectivity index (χ4v) is 2.74. The monoisotopic (exact) mass is 241 g/mol. The zero-order valence-corrected chi connectivity index (χ0v) is 10.8. The largest absolute Gasteiger partial charge is 0.317 e. The van der Waals surface area contributed by atoms with Crippen molar-refractivity contribution in [2.24, 2.45) is 7.05 Å². The molecule has 18 heavy (non-hydrogen) atoms. The average Bonchev–Trinajstić information content (AvgIpc) is 2.83. The Morgan fingerprint density at radius 1 is 1.17 bits per heavy atom. The van der Waals surface area contributed by atoms with E-state index in [-0.39, 0.29) is 0 Å².